The third-order valence-corrected chi connectivity index (χ3v) is 3.20. The Morgan fingerprint density at radius 2 is 1.85 bits per heavy atom. The number of ether oxygens (including phenoxy) is 1. The Morgan fingerprint density at radius 1 is 1.15 bits per heavy atom. The lowest BCUT2D eigenvalue weighted by Gasteiger charge is -2.11. The van der Waals surface area contributed by atoms with E-state index in [4.69, 9.17) is 4.74 Å². The van der Waals surface area contributed by atoms with Gasteiger partial charge in [-0.05, 0) is 34.1 Å². The number of hydrogen-bond acceptors (Lipinski definition) is 4. The first kappa shape index (κ1) is 14.5. The molecule has 0 aliphatic rings. The molecule has 4 nitrogen and oxygen atoms in total. The smallest absolute Gasteiger partial charge is 0.169 e. The molecule has 2 rings (SSSR count). The van der Waals surface area contributed by atoms with E-state index in [-0.39, 0.29) is 11.6 Å². The second kappa shape index (κ2) is 6.04. The quantitative estimate of drug-likeness (QED) is 0.883. The highest BCUT2D eigenvalue weighted by atomic mass is 79.9. The molecule has 0 aliphatic carbocycles. The summed E-state index contributed by atoms with van der Waals surface area (Å²) in [5.41, 5.74) is 0.595. The van der Waals surface area contributed by atoms with E-state index in [0.29, 0.717) is 15.9 Å². The van der Waals surface area contributed by atoms with Crippen molar-refractivity contribution in [2.24, 2.45) is 0 Å². The number of aromatic nitrogens is 1. The number of rotatable bonds is 4. The lowest BCUT2D eigenvalue weighted by molar-refractivity contribution is 0.412. The first-order valence-corrected chi connectivity index (χ1v) is 6.48. The molecule has 0 unspecified atom stereocenters. The summed E-state index contributed by atoms with van der Waals surface area (Å²) in [6.45, 7) is 0. The Balaban J connectivity index is 2.32. The number of nitrogens with one attached hydrogen (secondary N) is 2. The van der Waals surface area contributed by atoms with Gasteiger partial charge in [0, 0.05) is 18.8 Å². The molecule has 0 amide bonds. The first-order valence-electron chi connectivity index (χ1n) is 5.69. The molecule has 7 heteroatoms. The normalized spacial score (nSPS) is 10.2. The highest BCUT2D eigenvalue weighted by molar-refractivity contribution is 9.10. The molecule has 0 saturated carbocycles. The number of nitrogens with zero attached hydrogens (tertiary/aromatic N) is 1. The fraction of sp³-hybridized carbons (Fsp3) is 0.154. The van der Waals surface area contributed by atoms with E-state index < -0.39 is 11.6 Å². The van der Waals surface area contributed by atoms with Crippen LogP contribution in [0.25, 0.3) is 0 Å². The molecular weight excluding hydrogens is 332 g/mol. The Labute approximate surface area is 123 Å². The summed E-state index contributed by atoms with van der Waals surface area (Å²) in [6, 6.07) is 5.90. The van der Waals surface area contributed by atoms with Crippen LogP contribution in [0.5, 0.6) is 5.75 Å². The number of halogens is 3. The molecule has 2 N–H and O–H groups in total. The predicted octanol–water partition coefficient (Wildman–Crippen LogP) is 3.92. The molecule has 0 bridgehead atoms. The average Bonchev–Trinajstić information content (AvgIpc) is 2.42. The van der Waals surface area contributed by atoms with Gasteiger partial charge >= 0.3 is 0 Å². The van der Waals surface area contributed by atoms with Crippen LogP contribution in [0.2, 0.25) is 0 Å². The van der Waals surface area contributed by atoms with Gasteiger partial charge in [0.2, 0.25) is 0 Å². The van der Waals surface area contributed by atoms with Crippen molar-refractivity contribution in [1.29, 1.82) is 0 Å². The average molecular weight is 344 g/mol. The van der Waals surface area contributed by atoms with Gasteiger partial charge in [-0.1, -0.05) is 0 Å². The molecular formula is C13H12BrF2N3O. The van der Waals surface area contributed by atoms with Crippen LogP contribution in [0, 0.1) is 11.6 Å². The van der Waals surface area contributed by atoms with Crippen LogP contribution in [0.1, 0.15) is 0 Å². The summed E-state index contributed by atoms with van der Waals surface area (Å²) in [5.74, 6) is -0.951. The van der Waals surface area contributed by atoms with Crippen molar-refractivity contribution in [1.82, 2.24) is 4.98 Å². The molecule has 1 aromatic heterocycles. The van der Waals surface area contributed by atoms with Gasteiger partial charge in [-0.2, -0.15) is 0 Å². The van der Waals surface area contributed by atoms with Crippen LogP contribution in [-0.4, -0.2) is 19.1 Å². The molecule has 0 radical (unpaired) electrons. The molecule has 0 spiro atoms. The summed E-state index contributed by atoms with van der Waals surface area (Å²) < 4.78 is 32.8. The number of anilines is 3. The highest BCUT2D eigenvalue weighted by Gasteiger charge is 2.11. The molecule has 106 valence electrons. The van der Waals surface area contributed by atoms with Crippen molar-refractivity contribution >= 4 is 33.3 Å². The van der Waals surface area contributed by atoms with Crippen LogP contribution in [0.4, 0.5) is 26.1 Å². The van der Waals surface area contributed by atoms with Crippen molar-refractivity contribution in [2.45, 2.75) is 0 Å². The van der Waals surface area contributed by atoms with Gasteiger partial charge in [0.15, 0.2) is 23.3 Å². The van der Waals surface area contributed by atoms with Crippen molar-refractivity contribution in [3.05, 3.63) is 40.4 Å². The van der Waals surface area contributed by atoms with Crippen LogP contribution < -0.4 is 15.4 Å². The number of benzene rings is 1. The maximum absolute atomic E-state index is 13.7. The lowest BCUT2D eigenvalue weighted by atomic mass is 10.3. The maximum atomic E-state index is 13.7. The third kappa shape index (κ3) is 2.98. The van der Waals surface area contributed by atoms with E-state index in [1.54, 1.807) is 25.3 Å². The van der Waals surface area contributed by atoms with Gasteiger partial charge in [-0.15, -0.1) is 0 Å². The Hall–Kier alpha value is -1.89. The molecule has 0 atom stereocenters. The summed E-state index contributed by atoms with van der Waals surface area (Å²) in [6.07, 6.45) is 0. The monoisotopic (exact) mass is 343 g/mol. The third-order valence-electron chi connectivity index (χ3n) is 2.58. The minimum Gasteiger partial charge on any atom is -0.496 e. The van der Waals surface area contributed by atoms with E-state index in [9.17, 15) is 8.78 Å². The van der Waals surface area contributed by atoms with Crippen LogP contribution >= 0.6 is 15.9 Å². The Kier molecular flexibility index (Phi) is 4.39. The molecule has 0 aliphatic heterocycles. The van der Waals surface area contributed by atoms with Crippen molar-refractivity contribution in [3.8, 4) is 5.75 Å². The largest absolute Gasteiger partial charge is 0.496 e. The minimum absolute atomic E-state index is 0.0264. The van der Waals surface area contributed by atoms with E-state index >= 15 is 0 Å². The van der Waals surface area contributed by atoms with E-state index in [2.05, 4.69) is 31.5 Å². The fourth-order valence-electron chi connectivity index (χ4n) is 1.61. The second-order valence-electron chi connectivity index (χ2n) is 3.87. The van der Waals surface area contributed by atoms with E-state index in [0.717, 1.165) is 6.07 Å². The number of pyridine rings is 1. The SMILES string of the molecule is CNc1nc(Nc2ccc(OC)c(Br)c2)c(F)cc1F. The summed E-state index contributed by atoms with van der Waals surface area (Å²) >= 11 is 3.33. The minimum atomic E-state index is -0.770. The van der Waals surface area contributed by atoms with Gasteiger partial charge < -0.3 is 15.4 Å². The van der Waals surface area contributed by atoms with Gasteiger partial charge in [0.25, 0.3) is 0 Å². The standard InChI is InChI=1S/C13H12BrF2N3O/c1-17-12-9(15)6-10(16)13(19-12)18-7-3-4-11(20-2)8(14)5-7/h3-6H,1-2H3,(H2,17,18,19). The van der Waals surface area contributed by atoms with Crippen LogP contribution in [0.3, 0.4) is 0 Å². The van der Waals surface area contributed by atoms with Crippen LogP contribution in [0.15, 0.2) is 28.7 Å². The number of methoxy groups -OCH3 is 1. The first-order chi connectivity index (χ1) is 9.55. The fourth-order valence-corrected chi connectivity index (χ4v) is 2.15. The van der Waals surface area contributed by atoms with Crippen molar-refractivity contribution in [2.75, 3.05) is 24.8 Å². The second-order valence-corrected chi connectivity index (χ2v) is 4.73. The van der Waals surface area contributed by atoms with Crippen LogP contribution in [-0.2, 0) is 0 Å². The van der Waals surface area contributed by atoms with Gasteiger partial charge in [-0.25, -0.2) is 13.8 Å². The Bertz CT molecular complexity index is 637. The van der Waals surface area contributed by atoms with E-state index in [1.165, 1.54) is 7.05 Å². The molecule has 1 aromatic carbocycles. The molecule has 20 heavy (non-hydrogen) atoms. The van der Waals surface area contributed by atoms with E-state index in [1.807, 2.05) is 0 Å². The molecule has 0 saturated heterocycles. The predicted molar refractivity (Wildman–Crippen MR) is 77.7 cm³/mol. The zero-order valence-electron chi connectivity index (χ0n) is 10.8. The van der Waals surface area contributed by atoms with Crippen molar-refractivity contribution < 1.29 is 13.5 Å². The lowest BCUT2D eigenvalue weighted by Crippen LogP contribution is -2.03. The number of hydrogen-bond donors (Lipinski definition) is 2. The summed E-state index contributed by atoms with van der Waals surface area (Å²) in [7, 11) is 3.06. The van der Waals surface area contributed by atoms with Gasteiger partial charge in [0.05, 0.1) is 11.6 Å². The zero-order chi connectivity index (χ0) is 14.7. The molecule has 1 heterocycles. The molecule has 2 aromatic rings. The summed E-state index contributed by atoms with van der Waals surface area (Å²) in [4.78, 5) is 3.84. The van der Waals surface area contributed by atoms with Gasteiger partial charge in [-0.3, -0.25) is 0 Å². The highest BCUT2D eigenvalue weighted by Crippen LogP contribution is 2.30. The van der Waals surface area contributed by atoms with Crippen molar-refractivity contribution in [3.63, 3.8) is 0 Å². The molecule has 0 fully saturated rings. The summed E-state index contributed by atoms with van der Waals surface area (Å²) in [5, 5.41) is 5.34. The zero-order valence-corrected chi connectivity index (χ0v) is 12.4. The Morgan fingerprint density at radius 3 is 2.45 bits per heavy atom. The van der Waals surface area contributed by atoms with Gasteiger partial charge in [0.1, 0.15) is 5.75 Å². The topological polar surface area (TPSA) is 46.2 Å². The maximum Gasteiger partial charge on any atom is 0.169 e.